The number of anilines is 1. The molecule has 0 radical (unpaired) electrons. The summed E-state index contributed by atoms with van der Waals surface area (Å²) in [6.07, 6.45) is 1.74. The van der Waals surface area contributed by atoms with Crippen molar-refractivity contribution in [3.8, 4) is 5.75 Å². The maximum atomic E-state index is 10.4. The van der Waals surface area contributed by atoms with Gasteiger partial charge in [0.2, 0.25) is 0 Å². The molecule has 0 fully saturated rings. The smallest absolute Gasteiger partial charge is 0.125 e. The van der Waals surface area contributed by atoms with E-state index in [1.165, 1.54) is 5.56 Å². The Bertz CT molecular complexity index is 1060. The first-order valence-corrected chi connectivity index (χ1v) is 8.92. The van der Waals surface area contributed by atoms with Crippen LogP contribution in [0.3, 0.4) is 0 Å². The largest absolute Gasteiger partial charge is 0.507 e. The van der Waals surface area contributed by atoms with E-state index in [1.54, 1.807) is 12.3 Å². The van der Waals surface area contributed by atoms with Gasteiger partial charge in [-0.3, -0.25) is 5.01 Å². The van der Waals surface area contributed by atoms with E-state index < -0.39 is 0 Å². The van der Waals surface area contributed by atoms with E-state index in [0.29, 0.717) is 6.54 Å². The highest BCUT2D eigenvalue weighted by Gasteiger charge is 2.08. The third kappa shape index (κ3) is 3.82. The van der Waals surface area contributed by atoms with Crippen molar-refractivity contribution >= 4 is 22.7 Å². The molecule has 0 spiro atoms. The Morgan fingerprint density at radius 3 is 2.19 bits per heavy atom. The maximum Gasteiger partial charge on any atom is 0.125 e. The molecule has 27 heavy (non-hydrogen) atoms. The Morgan fingerprint density at radius 1 is 0.741 bits per heavy atom. The molecule has 0 aliphatic rings. The van der Waals surface area contributed by atoms with E-state index >= 15 is 0 Å². The number of hydrazone groups is 1. The zero-order valence-corrected chi connectivity index (χ0v) is 14.9. The first-order valence-electron chi connectivity index (χ1n) is 8.92. The van der Waals surface area contributed by atoms with Crippen LogP contribution in [0, 0.1) is 0 Å². The summed E-state index contributed by atoms with van der Waals surface area (Å²) in [5.41, 5.74) is 2.89. The van der Waals surface area contributed by atoms with E-state index in [1.807, 2.05) is 83.9 Å². The van der Waals surface area contributed by atoms with E-state index in [9.17, 15) is 5.11 Å². The molecule has 0 aromatic heterocycles. The highest BCUT2D eigenvalue weighted by Crippen LogP contribution is 2.26. The fourth-order valence-electron chi connectivity index (χ4n) is 3.10. The van der Waals surface area contributed by atoms with E-state index in [-0.39, 0.29) is 5.75 Å². The zero-order chi connectivity index (χ0) is 18.5. The number of benzene rings is 4. The highest BCUT2D eigenvalue weighted by atomic mass is 16.3. The van der Waals surface area contributed by atoms with E-state index in [0.717, 1.165) is 22.0 Å². The van der Waals surface area contributed by atoms with Gasteiger partial charge in [0.1, 0.15) is 5.75 Å². The van der Waals surface area contributed by atoms with Crippen molar-refractivity contribution in [2.24, 2.45) is 5.10 Å². The Balaban J connectivity index is 1.73. The molecule has 132 valence electrons. The molecule has 0 amide bonds. The minimum atomic E-state index is 0.227. The molecule has 0 unspecified atom stereocenters. The molecule has 0 atom stereocenters. The Hall–Kier alpha value is -3.59. The molecule has 0 aliphatic carbocycles. The summed E-state index contributed by atoms with van der Waals surface area (Å²) < 4.78 is 0. The first kappa shape index (κ1) is 16.9. The summed E-state index contributed by atoms with van der Waals surface area (Å²) in [6, 6.07) is 31.9. The third-order valence-corrected chi connectivity index (χ3v) is 4.50. The summed E-state index contributed by atoms with van der Waals surface area (Å²) >= 11 is 0. The predicted molar refractivity (Wildman–Crippen MR) is 112 cm³/mol. The Labute approximate surface area is 158 Å². The second-order valence-electron chi connectivity index (χ2n) is 6.34. The predicted octanol–water partition coefficient (Wildman–Crippen LogP) is 5.59. The topological polar surface area (TPSA) is 35.8 Å². The average Bonchev–Trinajstić information content (AvgIpc) is 2.73. The van der Waals surface area contributed by atoms with Crippen molar-refractivity contribution in [3.63, 3.8) is 0 Å². The lowest BCUT2D eigenvalue weighted by atomic mass is 10.0. The van der Waals surface area contributed by atoms with Crippen LogP contribution in [0.25, 0.3) is 10.8 Å². The molecular formula is C24H20N2O. The van der Waals surface area contributed by atoms with Gasteiger partial charge in [0.25, 0.3) is 0 Å². The number of nitrogens with zero attached hydrogens (tertiary/aromatic N) is 2. The highest BCUT2D eigenvalue weighted by molar-refractivity contribution is 6.02. The summed E-state index contributed by atoms with van der Waals surface area (Å²) in [5, 5.41) is 19.1. The molecule has 4 aromatic rings. The monoisotopic (exact) mass is 352 g/mol. The van der Waals surface area contributed by atoms with Gasteiger partial charge in [0.05, 0.1) is 18.4 Å². The van der Waals surface area contributed by atoms with Gasteiger partial charge in [-0.25, -0.2) is 0 Å². The normalized spacial score (nSPS) is 11.1. The third-order valence-electron chi connectivity index (χ3n) is 4.50. The van der Waals surface area contributed by atoms with Gasteiger partial charge in [0, 0.05) is 5.56 Å². The van der Waals surface area contributed by atoms with Crippen molar-refractivity contribution < 1.29 is 5.11 Å². The minimum absolute atomic E-state index is 0.227. The van der Waals surface area contributed by atoms with E-state index in [4.69, 9.17) is 5.10 Å². The standard InChI is InChI=1S/C24H20N2O/c27-24-16-15-20-11-7-8-14-22(20)23(24)17-25-26(21-12-5-2-6-13-21)18-19-9-3-1-4-10-19/h1-17,27H,18H2. The van der Waals surface area contributed by atoms with Crippen LogP contribution in [0.4, 0.5) is 5.69 Å². The van der Waals surface area contributed by atoms with Crippen molar-refractivity contribution in [2.75, 3.05) is 5.01 Å². The molecule has 0 bridgehead atoms. The molecular weight excluding hydrogens is 332 g/mol. The molecule has 0 heterocycles. The van der Waals surface area contributed by atoms with Gasteiger partial charge in [0.15, 0.2) is 0 Å². The van der Waals surface area contributed by atoms with Crippen LogP contribution in [-0.4, -0.2) is 11.3 Å². The van der Waals surface area contributed by atoms with E-state index in [2.05, 4.69) is 12.1 Å². The molecule has 0 saturated carbocycles. The van der Waals surface area contributed by atoms with Gasteiger partial charge in [-0.2, -0.15) is 5.10 Å². The lowest BCUT2D eigenvalue weighted by molar-refractivity contribution is 0.475. The maximum absolute atomic E-state index is 10.4. The first-order chi connectivity index (χ1) is 13.3. The zero-order valence-electron chi connectivity index (χ0n) is 14.9. The Kier molecular flexibility index (Phi) is 4.84. The average molecular weight is 352 g/mol. The van der Waals surface area contributed by atoms with Crippen LogP contribution in [0.2, 0.25) is 0 Å². The minimum Gasteiger partial charge on any atom is -0.507 e. The summed E-state index contributed by atoms with van der Waals surface area (Å²) in [6.45, 7) is 0.646. The Morgan fingerprint density at radius 2 is 1.41 bits per heavy atom. The van der Waals surface area contributed by atoms with Crippen molar-refractivity contribution in [3.05, 3.63) is 108 Å². The van der Waals surface area contributed by atoms with Crippen LogP contribution in [0.1, 0.15) is 11.1 Å². The van der Waals surface area contributed by atoms with Crippen LogP contribution in [0.5, 0.6) is 5.75 Å². The molecule has 3 nitrogen and oxygen atoms in total. The molecule has 0 aliphatic heterocycles. The molecule has 0 saturated heterocycles. The van der Waals surface area contributed by atoms with Gasteiger partial charge < -0.3 is 5.11 Å². The molecule has 3 heteroatoms. The van der Waals surface area contributed by atoms with Crippen molar-refractivity contribution in [1.82, 2.24) is 0 Å². The van der Waals surface area contributed by atoms with Crippen molar-refractivity contribution in [1.29, 1.82) is 0 Å². The summed E-state index contributed by atoms with van der Waals surface area (Å²) in [7, 11) is 0. The van der Waals surface area contributed by atoms with Gasteiger partial charge in [-0.1, -0.05) is 78.9 Å². The second kappa shape index (κ2) is 7.75. The number of para-hydroxylation sites is 1. The lowest BCUT2D eigenvalue weighted by Crippen LogP contribution is -2.16. The second-order valence-corrected chi connectivity index (χ2v) is 6.34. The number of fused-ring (bicyclic) bond motifs is 1. The van der Waals surface area contributed by atoms with Crippen LogP contribution in [-0.2, 0) is 6.54 Å². The number of rotatable bonds is 5. The fourth-order valence-corrected chi connectivity index (χ4v) is 3.10. The van der Waals surface area contributed by atoms with Gasteiger partial charge in [-0.15, -0.1) is 0 Å². The van der Waals surface area contributed by atoms with Crippen LogP contribution >= 0.6 is 0 Å². The number of hydrogen-bond donors (Lipinski definition) is 1. The molecule has 4 aromatic carbocycles. The van der Waals surface area contributed by atoms with Crippen LogP contribution in [0.15, 0.2) is 102 Å². The SMILES string of the molecule is Oc1ccc2ccccc2c1C=NN(Cc1ccccc1)c1ccccc1. The number of phenols is 1. The number of aromatic hydroxyl groups is 1. The van der Waals surface area contributed by atoms with Crippen LogP contribution < -0.4 is 5.01 Å². The summed E-state index contributed by atoms with van der Waals surface area (Å²) in [4.78, 5) is 0. The molecule has 4 rings (SSSR count). The van der Waals surface area contributed by atoms with Crippen molar-refractivity contribution in [2.45, 2.75) is 6.54 Å². The lowest BCUT2D eigenvalue weighted by Gasteiger charge is -2.19. The summed E-state index contributed by atoms with van der Waals surface area (Å²) in [5.74, 6) is 0.227. The quantitative estimate of drug-likeness (QED) is 0.376. The number of hydrogen-bond acceptors (Lipinski definition) is 3. The van der Waals surface area contributed by atoms with Gasteiger partial charge >= 0.3 is 0 Å². The fraction of sp³-hybridized carbons (Fsp3) is 0.0417. The number of phenolic OH excluding ortho intramolecular Hbond substituents is 1. The molecule has 1 N–H and O–H groups in total. The van der Waals surface area contributed by atoms with Gasteiger partial charge in [-0.05, 0) is 34.5 Å².